The number of halogens is 2. The van der Waals surface area contributed by atoms with Gasteiger partial charge in [-0.2, -0.15) is 0 Å². The Bertz CT molecular complexity index is 456. The number of methoxy groups -OCH3 is 1. The fourth-order valence-electron chi connectivity index (χ4n) is 2.03. The smallest absolute Gasteiger partial charge is 0.254 e. The van der Waals surface area contributed by atoms with Gasteiger partial charge in [-0.25, -0.2) is 0 Å². The number of likely N-dealkylation sites (tertiary alicyclic amines) is 1. The molecule has 0 saturated carbocycles. The molecule has 1 amide bonds. The highest BCUT2D eigenvalue weighted by molar-refractivity contribution is 6.37. The summed E-state index contributed by atoms with van der Waals surface area (Å²) >= 11 is 12.0. The number of nitrogens with two attached hydrogens (primary N) is 1. The third-order valence-corrected chi connectivity index (χ3v) is 3.52. The molecule has 1 saturated heterocycles. The number of amides is 1. The van der Waals surface area contributed by atoms with Gasteiger partial charge >= 0.3 is 0 Å². The van der Waals surface area contributed by atoms with E-state index in [0.29, 0.717) is 34.4 Å². The van der Waals surface area contributed by atoms with Gasteiger partial charge in [0, 0.05) is 24.7 Å². The van der Waals surface area contributed by atoms with Crippen LogP contribution in [0.2, 0.25) is 10.0 Å². The number of rotatable bonds is 2. The number of nitrogens with zero attached hydrogens (tertiary/aromatic N) is 1. The van der Waals surface area contributed by atoms with Gasteiger partial charge in [0.15, 0.2) is 5.75 Å². The van der Waals surface area contributed by atoms with E-state index in [-0.39, 0.29) is 11.9 Å². The summed E-state index contributed by atoms with van der Waals surface area (Å²) in [5.74, 6) is 0.280. The summed E-state index contributed by atoms with van der Waals surface area (Å²) in [5, 5.41) is 0.661. The molecule has 2 N–H and O–H groups in total. The lowest BCUT2D eigenvalue weighted by Crippen LogP contribution is -2.31. The maximum atomic E-state index is 12.2. The summed E-state index contributed by atoms with van der Waals surface area (Å²) < 4.78 is 5.04. The first-order valence-electron chi connectivity index (χ1n) is 5.61. The third kappa shape index (κ3) is 2.55. The highest BCUT2D eigenvalue weighted by Crippen LogP contribution is 2.34. The summed E-state index contributed by atoms with van der Waals surface area (Å²) in [6.45, 7) is 1.24. The van der Waals surface area contributed by atoms with Crippen molar-refractivity contribution in [3.63, 3.8) is 0 Å². The molecule has 98 valence electrons. The van der Waals surface area contributed by atoms with Gasteiger partial charge in [0.25, 0.3) is 5.91 Å². The Balaban J connectivity index is 2.26. The number of hydrogen-bond acceptors (Lipinski definition) is 3. The lowest BCUT2D eigenvalue weighted by Gasteiger charge is -2.16. The van der Waals surface area contributed by atoms with Crippen LogP contribution in [0, 0.1) is 0 Å². The molecule has 4 nitrogen and oxygen atoms in total. The van der Waals surface area contributed by atoms with E-state index < -0.39 is 0 Å². The largest absolute Gasteiger partial charge is 0.494 e. The zero-order valence-corrected chi connectivity index (χ0v) is 11.5. The second kappa shape index (κ2) is 5.34. The van der Waals surface area contributed by atoms with Crippen molar-refractivity contribution in [3.8, 4) is 5.75 Å². The molecule has 0 aliphatic carbocycles. The molecular formula is C12H14Cl2N2O2. The Morgan fingerprint density at radius 2 is 2.06 bits per heavy atom. The topological polar surface area (TPSA) is 55.6 Å². The van der Waals surface area contributed by atoms with E-state index >= 15 is 0 Å². The minimum absolute atomic E-state index is 0.0538. The first-order chi connectivity index (χ1) is 8.52. The van der Waals surface area contributed by atoms with E-state index in [1.165, 1.54) is 7.11 Å². The molecule has 0 radical (unpaired) electrons. The fourth-order valence-corrected chi connectivity index (χ4v) is 2.67. The standard InChI is InChI=1S/C12H14Cl2N2O2/c1-18-11-9(13)4-7(5-10(11)14)12(17)16-3-2-8(15)6-16/h4-5,8H,2-3,6,15H2,1H3. The van der Waals surface area contributed by atoms with Gasteiger partial charge in [-0.15, -0.1) is 0 Å². The molecule has 1 aromatic rings. The molecular weight excluding hydrogens is 275 g/mol. The SMILES string of the molecule is COc1c(Cl)cc(C(=O)N2CCC(N)C2)cc1Cl. The first kappa shape index (κ1) is 13.5. The van der Waals surface area contributed by atoms with Crippen molar-refractivity contribution in [1.29, 1.82) is 0 Å². The number of benzene rings is 1. The number of carbonyl (C=O) groups is 1. The van der Waals surface area contributed by atoms with Gasteiger partial charge in [0.05, 0.1) is 17.2 Å². The Labute approximate surface area is 116 Å². The van der Waals surface area contributed by atoms with Crippen LogP contribution in [-0.4, -0.2) is 37.0 Å². The van der Waals surface area contributed by atoms with E-state index in [0.717, 1.165) is 6.42 Å². The maximum absolute atomic E-state index is 12.2. The first-order valence-corrected chi connectivity index (χ1v) is 6.36. The van der Waals surface area contributed by atoms with Crippen molar-refractivity contribution in [1.82, 2.24) is 4.90 Å². The molecule has 1 aliphatic rings. The molecule has 1 fully saturated rings. The van der Waals surface area contributed by atoms with Crippen molar-refractivity contribution in [2.75, 3.05) is 20.2 Å². The van der Waals surface area contributed by atoms with Crippen molar-refractivity contribution in [2.24, 2.45) is 5.73 Å². The molecule has 0 spiro atoms. The molecule has 6 heteroatoms. The van der Waals surface area contributed by atoms with Crippen LogP contribution in [0.15, 0.2) is 12.1 Å². The van der Waals surface area contributed by atoms with Gasteiger partial charge in [-0.3, -0.25) is 4.79 Å². The number of hydrogen-bond donors (Lipinski definition) is 1. The molecule has 1 aromatic carbocycles. The minimum atomic E-state index is -0.102. The van der Waals surface area contributed by atoms with Crippen molar-refractivity contribution in [2.45, 2.75) is 12.5 Å². The zero-order valence-electron chi connectivity index (χ0n) is 9.95. The van der Waals surface area contributed by atoms with Gasteiger partial charge in [-0.1, -0.05) is 23.2 Å². The Kier molecular flexibility index (Phi) is 4.00. The predicted octanol–water partition coefficient (Wildman–Crippen LogP) is 2.18. The summed E-state index contributed by atoms with van der Waals surface area (Å²) in [7, 11) is 1.48. The Morgan fingerprint density at radius 3 is 2.50 bits per heavy atom. The average Bonchev–Trinajstić information content (AvgIpc) is 2.74. The molecule has 1 atom stereocenters. The van der Waals surface area contributed by atoms with Crippen LogP contribution in [0.3, 0.4) is 0 Å². The van der Waals surface area contributed by atoms with Crippen molar-refractivity contribution >= 4 is 29.1 Å². The predicted molar refractivity (Wildman–Crippen MR) is 71.5 cm³/mol. The molecule has 1 aliphatic heterocycles. The van der Waals surface area contributed by atoms with E-state index in [2.05, 4.69) is 0 Å². The molecule has 18 heavy (non-hydrogen) atoms. The van der Waals surface area contributed by atoms with Crippen molar-refractivity contribution < 1.29 is 9.53 Å². The lowest BCUT2D eigenvalue weighted by atomic mass is 10.2. The Hall–Kier alpha value is -0.970. The maximum Gasteiger partial charge on any atom is 0.254 e. The van der Waals surface area contributed by atoms with Gasteiger partial charge < -0.3 is 15.4 Å². The van der Waals surface area contributed by atoms with Crippen LogP contribution in [0.5, 0.6) is 5.75 Å². The summed E-state index contributed by atoms with van der Waals surface area (Å²) in [6.07, 6.45) is 0.823. The third-order valence-electron chi connectivity index (χ3n) is 2.96. The number of ether oxygens (including phenoxy) is 1. The van der Waals surface area contributed by atoms with Crippen LogP contribution < -0.4 is 10.5 Å². The highest BCUT2D eigenvalue weighted by atomic mass is 35.5. The fraction of sp³-hybridized carbons (Fsp3) is 0.417. The summed E-state index contributed by atoms with van der Waals surface area (Å²) in [5.41, 5.74) is 6.24. The van der Waals surface area contributed by atoms with Gasteiger partial charge in [0.1, 0.15) is 0 Å². The van der Waals surface area contributed by atoms with E-state index in [9.17, 15) is 4.79 Å². The Morgan fingerprint density at radius 1 is 1.44 bits per heavy atom. The molecule has 1 unspecified atom stereocenters. The molecule has 2 rings (SSSR count). The van der Waals surface area contributed by atoms with E-state index in [4.69, 9.17) is 33.7 Å². The highest BCUT2D eigenvalue weighted by Gasteiger charge is 2.25. The normalized spacial score (nSPS) is 19.1. The zero-order chi connectivity index (χ0) is 13.3. The summed E-state index contributed by atoms with van der Waals surface area (Å²) in [4.78, 5) is 13.9. The van der Waals surface area contributed by atoms with Crippen LogP contribution in [0.4, 0.5) is 0 Å². The minimum Gasteiger partial charge on any atom is -0.494 e. The summed E-state index contributed by atoms with van der Waals surface area (Å²) in [6, 6.07) is 3.19. The van der Waals surface area contributed by atoms with E-state index in [1.807, 2.05) is 0 Å². The molecule has 0 aromatic heterocycles. The van der Waals surface area contributed by atoms with Gasteiger partial charge in [0.2, 0.25) is 0 Å². The van der Waals surface area contributed by atoms with Crippen LogP contribution in [-0.2, 0) is 0 Å². The van der Waals surface area contributed by atoms with Crippen LogP contribution >= 0.6 is 23.2 Å². The second-order valence-corrected chi connectivity index (χ2v) is 5.09. The number of carbonyl (C=O) groups excluding carboxylic acids is 1. The van der Waals surface area contributed by atoms with Gasteiger partial charge in [-0.05, 0) is 18.6 Å². The van der Waals surface area contributed by atoms with Crippen LogP contribution in [0.1, 0.15) is 16.8 Å². The van der Waals surface area contributed by atoms with Crippen molar-refractivity contribution in [3.05, 3.63) is 27.7 Å². The van der Waals surface area contributed by atoms with E-state index in [1.54, 1.807) is 17.0 Å². The molecule has 1 heterocycles. The monoisotopic (exact) mass is 288 g/mol. The molecule has 0 bridgehead atoms. The van der Waals surface area contributed by atoms with Crippen LogP contribution in [0.25, 0.3) is 0 Å². The quantitative estimate of drug-likeness (QED) is 0.907. The second-order valence-electron chi connectivity index (χ2n) is 4.27. The lowest BCUT2D eigenvalue weighted by molar-refractivity contribution is 0.0791. The average molecular weight is 289 g/mol.